The Kier molecular flexibility index (Phi) is 14.0. The molecule has 1 fully saturated rings. The number of nitrogens with two attached hydrogens (primary N) is 2. The first-order valence-electron chi connectivity index (χ1n) is 14.8. The molecule has 0 saturated carbocycles. The minimum Gasteiger partial charge on any atom is -0.448 e. The van der Waals surface area contributed by atoms with Crippen LogP contribution in [0.1, 0.15) is 22.9 Å². The second-order valence-corrected chi connectivity index (χ2v) is 13.6. The summed E-state index contributed by atoms with van der Waals surface area (Å²) in [6.45, 7) is -0.573. The van der Waals surface area contributed by atoms with Crippen molar-refractivity contribution in [3.63, 3.8) is 0 Å². The zero-order valence-electron chi connectivity index (χ0n) is 27.0. The molecule has 0 bridgehead atoms. The van der Waals surface area contributed by atoms with Crippen molar-refractivity contribution in [1.29, 1.82) is 0 Å². The van der Waals surface area contributed by atoms with Gasteiger partial charge in [0.1, 0.15) is 22.8 Å². The fraction of sp³-hybridized carbons (Fsp3) is 0.233. The monoisotopic (exact) mass is 807 g/mol. The van der Waals surface area contributed by atoms with Crippen molar-refractivity contribution in [2.75, 3.05) is 23.8 Å². The summed E-state index contributed by atoms with van der Waals surface area (Å²) < 4.78 is 7.71. The van der Waals surface area contributed by atoms with Crippen molar-refractivity contribution in [2.24, 2.45) is 18.0 Å². The van der Waals surface area contributed by atoms with E-state index in [0.29, 0.717) is 16.5 Å². The largest absolute Gasteiger partial charge is 0.448 e. The number of β-lactam (4-membered cyclic amide) rings is 1. The molecule has 17 nitrogen and oxygen atoms in total. The number of tetrazole rings is 1. The van der Waals surface area contributed by atoms with Gasteiger partial charge in [0.05, 0.1) is 0 Å². The van der Waals surface area contributed by atoms with Crippen molar-refractivity contribution in [1.82, 2.24) is 40.8 Å². The Morgan fingerprint density at radius 2 is 1.77 bits per heavy atom. The number of ether oxygens (including phenoxy) is 1. The van der Waals surface area contributed by atoms with Crippen LogP contribution >= 0.6 is 59.7 Å². The van der Waals surface area contributed by atoms with Gasteiger partial charge in [-0.05, 0) is 27.1 Å². The predicted molar refractivity (Wildman–Crippen MR) is 198 cm³/mol. The predicted octanol–water partition coefficient (Wildman–Crippen LogP) is 1.58. The lowest BCUT2D eigenvalue weighted by atomic mass is 10.0. The molecule has 2 aromatic heterocycles. The summed E-state index contributed by atoms with van der Waals surface area (Å²) in [6.07, 6.45) is -0.764. The van der Waals surface area contributed by atoms with E-state index in [1.54, 1.807) is 7.05 Å². The number of nitrogens with one attached hydrogen (secondary N) is 2. The minimum absolute atomic E-state index is 0. The summed E-state index contributed by atoms with van der Waals surface area (Å²) in [4.78, 5) is 63.6. The van der Waals surface area contributed by atoms with Crippen LogP contribution in [-0.4, -0.2) is 89.0 Å². The standard InChI is InChI=1S/C30H29N11O6S3.2ClH/c1-40-30(36-38-39-40)50-14-18-13-48-27-22(34-25(43)21(19-15-49-29(31)33-19)37-46-12-20(42)35-32)26(44)41(27)23(18)28(45)47-24(16-8-4-2-5-9-16)17-10-6-3-7-11-17;;/h2-11,15,22,24,27H,12-14,32H2,1H3,(H2,31,33)(H,34,43)(H,35,42);2*1H/b37-21+;;/t22?,27-;;/m1../s1. The first-order chi connectivity index (χ1) is 24.2. The molecule has 52 heavy (non-hydrogen) atoms. The number of halogens is 2. The smallest absolute Gasteiger partial charge is 0.356 e. The molecule has 2 atom stereocenters. The molecule has 6 rings (SSSR count). The van der Waals surface area contributed by atoms with Crippen molar-refractivity contribution in [3.8, 4) is 0 Å². The summed E-state index contributed by atoms with van der Waals surface area (Å²) in [6, 6.07) is 17.5. The number of thiazole rings is 1. The van der Waals surface area contributed by atoms with E-state index in [0.717, 1.165) is 22.5 Å². The number of fused-ring (bicyclic) bond motifs is 1. The number of carbonyl (C=O) groups is 4. The number of thioether (sulfide) groups is 2. The molecular weight excluding hydrogens is 778 g/mol. The van der Waals surface area contributed by atoms with Gasteiger partial charge in [-0.3, -0.25) is 24.7 Å². The molecule has 6 N–H and O–H groups in total. The molecule has 1 saturated heterocycles. The van der Waals surface area contributed by atoms with E-state index in [4.69, 9.17) is 21.2 Å². The van der Waals surface area contributed by atoms with Gasteiger partial charge in [0.2, 0.25) is 5.16 Å². The highest BCUT2D eigenvalue weighted by Crippen LogP contribution is 2.42. The lowest BCUT2D eigenvalue weighted by molar-refractivity contribution is -0.154. The molecule has 1 unspecified atom stereocenters. The summed E-state index contributed by atoms with van der Waals surface area (Å²) in [5.41, 5.74) is 9.63. The van der Waals surface area contributed by atoms with E-state index in [1.807, 2.05) is 66.1 Å². The fourth-order valence-corrected chi connectivity index (χ4v) is 7.92. The zero-order valence-corrected chi connectivity index (χ0v) is 31.1. The van der Waals surface area contributed by atoms with E-state index in [2.05, 4.69) is 31.0 Å². The molecule has 2 aliphatic heterocycles. The fourth-order valence-electron chi connectivity index (χ4n) is 5.03. The molecule has 3 amide bonds. The van der Waals surface area contributed by atoms with E-state index in [1.165, 1.54) is 38.5 Å². The average Bonchev–Trinajstić information content (AvgIpc) is 3.77. The van der Waals surface area contributed by atoms with Crippen LogP contribution in [0.25, 0.3) is 0 Å². The number of hydrogen-bond donors (Lipinski definition) is 4. The molecule has 2 aliphatic rings. The average molecular weight is 809 g/mol. The summed E-state index contributed by atoms with van der Waals surface area (Å²) in [5, 5.41) is 19.5. The maximum atomic E-state index is 14.2. The third-order valence-electron chi connectivity index (χ3n) is 7.41. The number of hydrogen-bond acceptors (Lipinski definition) is 16. The summed E-state index contributed by atoms with van der Waals surface area (Å²) in [5.74, 6) is 2.97. The van der Waals surface area contributed by atoms with E-state index >= 15 is 0 Å². The number of nitrogen functional groups attached to an aromatic ring is 1. The third kappa shape index (κ3) is 8.82. The Morgan fingerprint density at radius 3 is 2.35 bits per heavy atom. The summed E-state index contributed by atoms with van der Waals surface area (Å²) in [7, 11) is 1.70. The van der Waals surface area contributed by atoms with Gasteiger partial charge in [-0.2, -0.15) is 0 Å². The topological polar surface area (TPSA) is 235 Å². The van der Waals surface area contributed by atoms with E-state index in [-0.39, 0.29) is 52.8 Å². The summed E-state index contributed by atoms with van der Waals surface area (Å²) >= 11 is 3.73. The van der Waals surface area contributed by atoms with Gasteiger partial charge in [0.15, 0.2) is 23.6 Å². The molecule has 22 heteroatoms. The van der Waals surface area contributed by atoms with Crippen LogP contribution in [0.3, 0.4) is 0 Å². The second kappa shape index (κ2) is 18.2. The normalized spacial score (nSPS) is 16.6. The number of amides is 3. The number of aromatic nitrogens is 5. The SMILES string of the molecule is Cl.Cl.Cn1nnnc1SCC1=C(C(=O)OC(c2ccccc2)c2ccccc2)N2C(=O)C(NC(=O)/C(=N/OCC(=O)NN)c3csc(N)n3)[C@H]2SC1. The van der Waals surface area contributed by atoms with Crippen molar-refractivity contribution in [3.05, 3.63) is 94.1 Å². The van der Waals surface area contributed by atoms with Gasteiger partial charge in [0.25, 0.3) is 17.7 Å². The first-order valence-corrected chi connectivity index (χ1v) is 17.7. The number of rotatable bonds is 13. The number of nitrogens with zero attached hydrogens (tertiary/aromatic N) is 7. The van der Waals surface area contributed by atoms with Crippen LogP contribution in [0.5, 0.6) is 0 Å². The molecule has 4 heterocycles. The van der Waals surface area contributed by atoms with Gasteiger partial charge >= 0.3 is 5.97 Å². The number of benzene rings is 2. The van der Waals surface area contributed by atoms with Gasteiger partial charge in [-0.25, -0.2) is 20.3 Å². The van der Waals surface area contributed by atoms with Gasteiger partial charge < -0.3 is 20.6 Å². The van der Waals surface area contributed by atoms with Crippen molar-refractivity contribution < 1.29 is 28.8 Å². The molecule has 274 valence electrons. The lowest BCUT2D eigenvalue weighted by Gasteiger charge is -2.49. The second-order valence-electron chi connectivity index (χ2n) is 10.6. The quantitative estimate of drug-likeness (QED) is 0.0286. The number of anilines is 1. The number of aryl methyl sites for hydroxylation is 1. The Labute approximate surface area is 321 Å². The van der Waals surface area contributed by atoms with Gasteiger partial charge in [-0.1, -0.05) is 77.6 Å². The van der Waals surface area contributed by atoms with E-state index in [9.17, 15) is 19.2 Å². The Balaban J connectivity index is 0.00000302. The number of hydrazine groups is 1. The molecule has 0 radical (unpaired) electrons. The molecule has 0 spiro atoms. The molecule has 2 aromatic carbocycles. The number of oxime groups is 1. The van der Waals surface area contributed by atoms with Crippen LogP contribution in [0.2, 0.25) is 0 Å². The van der Waals surface area contributed by atoms with Crippen LogP contribution in [0.15, 0.2) is 87.6 Å². The van der Waals surface area contributed by atoms with Crippen LogP contribution < -0.4 is 22.3 Å². The van der Waals surface area contributed by atoms with E-state index < -0.39 is 47.8 Å². The first kappa shape index (κ1) is 40.0. The van der Waals surface area contributed by atoms with Crippen molar-refractivity contribution >= 4 is 94.2 Å². The third-order valence-corrected chi connectivity index (χ3v) is 10.5. The lowest BCUT2D eigenvalue weighted by Crippen LogP contribution is -2.71. The number of esters is 1. The minimum atomic E-state index is -1.04. The van der Waals surface area contributed by atoms with Gasteiger partial charge in [-0.15, -0.1) is 53.0 Å². The van der Waals surface area contributed by atoms with Crippen LogP contribution in [0, 0.1) is 0 Å². The Hall–Kier alpha value is -4.73. The maximum absolute atomic E-state index is 14.2. The van der Waals surface area contributed by atoms with Crippen LogP contribution in [0.4, 0.5) is 5.13 Å². The highest BCUT2D eigenvalue weighted by atomic mass is 35.5. The highest BCUT2D eigenvalue weighted by Gasteiger charge is 2.55. The maximum Gasteiger partial charge on any atom is 0.356 e. The number of carbonyl (C=O) groups excluding carboxylic acids is 4. The Bertz CT molecular complexity index is 1930. The zero-order chi connectivity index (χ0) is 35.2. The Morgan fingerprint density at radius 1 is 1.10 bits per heavy atom. The molecule has 0 aliphatic carbocycles. The molecule has 4 aromatic rings. The van der Waals surface area contributed by atoms with Gasteiger partial charge in [0, 0.05) is 23.9 Å². The molecular formula is C30H31Cl2N11O6S3. The van der Waals surface area contributed by atoms with Crippen LogP contribution in [-0.2, 0) is 35.8 Å². The van der Waals surface area contributed by atoms with Crippen molar-refractivity contribution in [2.45, 2.75) is 22.7 Å². The highest BCUT2D eigenvalue weighted by molar-refractivity contribution is 8.01.